The molecule has 0 bridgehead atoms. The highest BCUT2D eigenvalue weighted by molar-refractivity contribution is 6.15. The van der Waals surface area contributed by atoms with Gasteiger partial charge in [-0.05, 0) is 17.7 Å². The van der Waals surface area contributed by atoms with Gasteiger partial charge in [-0.1, -0.05) is 12.1 Å². The van der Waals surface area contributed by atoms with Crippen molar-refractivity contribution in [2.24, 2.45) is 0 Å². The fraction of sp³-hybridized carbons (Fsp3) is 0.154. The molecule has 1 saturated heterocycles. The summed E-state index contributed by atoms with van der Waals surface area (Å²) in [5.41, 5.74) is 1.40. The van der Waals surface area contributed by atoms with Gasteiger partial charge in [-0.25, -0.2) is 4.39 Å². The number of carbonyl (C=O) groups is 2. The molecular weight excluding hydrogens is 249 g/mol. The maximum Gasteiger partial charge on any atom is 0.236 e. The van der Waals surface area contributed by atoms with Gasteiger partial charge in [0, 0.05) is 5.56 Å². The zero-order valence-electron chi connectivity index (χ0n) is 9.89. The van der Waals surface area contributed by atoms with E-state index in [9.17, 15) is 14.0 Å². The zero-order chi connectivity index (χ0) is 13.4. The number of hydrogen-bond acceptors (Lipinski definition) is 3. The van der Waals surface area contributed by atoms with Crippen LogP contribution in [0.25, 0.3) is 11.1 Å². The Hall–Kier alpha value is -2.50. The molecule has 1 amide bonds. The minimum Gasteiger partial charge on any atom is -0.297 e. The Labute approximate surface area is 108 Å². The van der Waals surface area contributed by atoms with E-state index in [2.05, 4.69) is 10.2 Å². The second-order valence-corrected chi connectivity index (χ2v) is 4.33. The van der Waals surface area contributed by atoms with E-state index in [1.807, 2.05) is 0 Å². The molecule has 0 aliphatic carbocycles. The molecule has 1 aliphatic heterocycles. The molecule has 3 rings (SSSR count). The summed E-state index contributed by atoms with van der Waals surface area (Å²) in [7, 11) is 0. The van der Waals surface area contributed by atoms with E-state index in [0.717, 1.165) is 5.56 Å². The summed E-state index contributed by atoms with van der Waals surface area (Å²) < 4.78 is 12.9. The molecule has 6 heteroatoms. The number of hydrogen-bond donors (Lipinski definition) is 1. The third-order valence-electron chi connectivity index (χ3n) is 3.03. The largest absolute Gasteiger partial charge is 0.297 e. The lowest BCUT2D eigenvalue weighted by atomic mass is 10.1. The van der Waals surface area contributed by atoms with Gasteiger partial charge in [0.1, 0.15) is 11.6 Å². The highest BCUT2D eigenvalue weighted by Crippen LogP contribution is 2.30. The first-order valence-corrected chi connectivity index (χ1v) is 5.76. The van der Waals surface area contributed by atoms with Crippen molar-refractivity contribution in [2.75, 3.05) is 11.4 Å². The van der Waals surface area contributed by atoms with Gasteiger partial charge in [0.25, 0.3) is 0 Å². The van der Waals surface area contributed by atoms with Crippen LogP contribution in [0.15, 0.2) is 30.5 Å². The maximum absolute atomic E-state index is 12.9. The summed E-state index contributed by atoms with van der Waals surface area (Å²) in [5.74, 6) is -0.231. The molecule has 0 atom stereocenters. The normalized spacial score (nSPS) is 15.3. The lowest BCUT2D eigenvalue weighted by molar-refractivity contribution is -0.121. The van der Waals surface area contributed by atoms with E-state index < -0.39 is 0 Å². The molecule has 19 heavy (non-hydrogen) atoms. The molecule has 1 aromatic carbocycles. The number of benzene rings is 1. The predicted octanol–water partition coefficient (Wildman–Crippen LogP) is 1.52. The fourth-order valence-corrected chi connectivity index (χ4v) is 2.11. The summed E-state index contributed by atoms with van der Waals surface area (Å²) in [6, 6.07) is 5.88. The lowest BCUT2D eigenvalue weighted by Gasteiger charge is -2.14. The quantitative estimate of drug-likeness (QED) is 0.831. The maximum atomic E-state index is 12.9. The second kappa shape index (κ2) is 4.31. The molecule has 0 radical (unpaired) electrons. The monoisotopic (exact) mass is 259 g/mol. The Morgan fingerprint density at radius 2 is 1.95 bits per heavy atom. The van der Waals surface area contributed by atoms with Crippen molar-refractivity contribution < 1.29 is 14.0 Å². The first-order valence-electron chi connectivity index (χ1n) is 5.76. The Bertz CT molecular complexity index is 648. The van der Waals surface area contributed by atoms with Gasteiger partial charge in [-0.3, -0.25) is 19.6 Å². The van der Waals surface area contributed by atoms with E-state index in [1.54, 1.807) is 18.3 Å². The minimum atomic E-state index is -0.332. The number of halogens is 1. The highest BCUT2D eigenvalue weighted by atomic mass is 19.1. The molecule has 1 aliphatic rings. The Morgan fingerprint density at radius 3 is 2.58 bits per heavy atom. The van der Waals surface area contributed by atoms with E-state index in [4.69, 9.17) is 0 Å². The van der Waals surface area contributed by atoms with Crippen molar-refractivity contribution in [3.8, 4) is 11.1 Å². The van der Waals surface area contributed by atoms with Crippen LogP contribution < -0.4 is 4.90 Å². The first kappa shape index (κ1) is 11.6. The molecule has 1 N–H and O–H groups in total. The predicted molar refractivity (Wildman–Crippen MR) is 66.0 cm³/mol. The molecule has 5 nitrogen and oxygen atoms in total. The van der Waals surface area contributed by atoms with Crippen molar-refractivity contribution in [2.45, 2.75) is 6.42 Å². The van der Waals surface area contributed by atoms with E-state index in [-0.39, 0.29) is 30.5 Å². The topological polar surface area (TPSA) is 66.1 Å². The van der Waals surface area contributed by atoms with Crippen LogP contribution in [-0.2, 0) is 9.59 Å². The Morgan fingerprint density at radius 1 is 1.21 bits per heavy atom. The standard InChI is InChI=1S/C13H10FN3O2/c14-9-3-1-8(2-4-9)11-6-15-16-13(11)17-7-10(18)5-12(17)19/h1-4,6H,5,7H2,(H,15,16). The molecule has 0 saturated carbocycles. The van der Waals surface area contributed by atoms with Crippen molar-refractivity contribution in [3.05, 3.63) is 36.3 Å². The van der Waals surface area contributed by atoms with Crippen molar-refractivity contribution in [3.63, 3.8) is 0 Å². The summed E-state index contributed by atoms with van der Waals surface area (Å²) >= 11 is 0. The average molecular weight is 259 g/mol. The number of rotatable bonds is 2. The van der Waals surface area contributed by atoms with Crippen molar-refractivity contribution in [1.82, 2.24) is 10.2 Å². The summed E-state index contributed by atoms with van der Waals surface area (Å²) in [6.45, 7) is 0.0508. The average Bonchev–Trinajstić information content (AvgIpc) is 2.96. The van der Waals surface area contributed by atoms with Crippen LogP contribution in [0.5, 0.6) is 0 Å². The second-order valence-electron chi connectivity index (χ2n) is 4.33. The van der Waals surface area contributed by atoms with Crippen LogP contribution in [0.4, 0.5) is 10.2 Å². The number of Topliss-reactive ketones (excluding diaryl/α,β-unsaturated/α-hetero) is 1. The summed E-state index contributed by atoms with van der Waals surface area (Å²) in [6.07, 6.45) is 1.47. The number of ketones is 1. The summed E-state index contributed by atoms with van der Waals surface area (Å²) in [4.78, 5) is 24.4. The minimum absolute atomic E-state index is 0.0508. The van der Waals surface area contributed by atoms with Crippen LogP contribution in [0.3, 0.4) is 0 Å². The molecule has 96 valence electrons. The van der Waals surface area contributed by atoms with Gasteiger partial charge in [0.2, 0.25) is 5.91 Å². The van der Waals surface area contributed by atoms with Gasteiger partial charge in [-0.2, -0.15) is 5.10 Å². The number of H-pyrrole nitrogens is 1. The van der Waals surface area contributed by atoms with E-state index in [0.29, 0.717) is 11.4 Å². The van der Waals surface area contributed by atoms with Crippen LogP contribution in [0.2, 0.25) is 0 Å². The van der Waals surface area contributed by atoms with Crippen LogP contribution in [0, 0.1) is 5.82 Å². The highest BCUT2D eigenvalue weighted by Gasteiger charge is 2.31. The van der Waals surface area contributed by atoms with Gasteiger partial charge in [0.05, 0.1) is 19.2 Å². The number of carbonyl (C=O) groups excluding carboxylic acids is 2. The molecular formula is C13H10FN3O2. The van der Waals surface area contributed by atoms with Crippen molar-refractivity contribution in [1.29, 1.82) is 0 Å². The molecule has 0 spiro atoms. The van der Waals surface area contributed by atoms with Gasteiger partial charge in [-0.15, -0.1) is 0 Å². The van der Waals surface area contributed by atoms with Gasteiger partial charge >= 0.3 is 0 Å². The van der Waals surface area contributed by atoms with Crippen LogP contribution in [0.1, 0.15) is 6.42 Å². The number of nitrogens with one attached hydrogen (secondary N) is 1. The van der Waals surface area contributed by atoms with Gasteiger partial charge < -0.3 is 0 Å². The molecule has 1 aromatic heterocycles. The third-order valence-corrected chi connectivity index (χ3v) is 3.03. The SMILES string of the molecule is O=C1CC(=O)N(c2[nH]ncc2-c2ccc(F)cc2)C1. The molecule has 0 unspecified atom stereocenters. The number of aromatic amines is 1. The number of nitrogens with zero attached hydrogens (tertiary/aromatic N) is 2. The Kier molecular flexibility index (Phi) is 2.63. The summed E-state index contributed by atoms with van der Waals surface area (Å²) in [5, 5.41) is 6.62. The van der Waals surface area contributed by atoms with Crippen molar-refractivity contribution >= 4 is 17.5 Å². The smallest absolute Gasteiger partial charge is 0.236 e. The molecule has 2 aromatic rings. The zero-order valence-corrected chi connectivity index (χ0v) is 9.89. The number of anilines is 1. The van der Waals surface area contributed by atoms with Crippen LogP contribution in [-0.4, -0.2) is 28.4 Å². The Balaban J connectivity index is 2.01. The van der Waals surface area contributed by atoms with Crippen LogP contribution >= 0.6 is 0 Å². The fourth-order valence-electron chi connectivity index (χ4n) is 2.11. The molecule has 1 fully saturated rings. The van der Waals surface area contributed by atoms with E-state index in [1.165, 1.54) is 17.0 Å². The first-order chi connectivity index (χ1) is 9.15. The number of aromatic nitrogens is 2. The number of amides is 1. The third kappa shape index (κ3) is 2.01. The van der Waals surface area contributed by atoms with Gasteiger partial charge in [0.15, 0.2) is 5.78 Å². The molecule has 2 heterocycles. The van der Waals surface area contributed by atoms with E-state index >= 15 is 0 Å². The lowest BCUT2D eigenvalue weighted by Crippen LogP contribution is -2.25.